The number of fused-ring (bicyclic) bond motifs is 1. The lowest BCUT2D eigenvalue weighted by molar-refractivity contribution is -0.115. The van der Waals surface area contributed by atoms with E-state index in [4.69, 9.17) is 0 Å². The molecule has 0 aliphatic heterocycles. The second-order valence-electron chi connectivity index (χ2n) is 4.71. The molecule has 1 aliphatic carbocycles. The number of nitrogens with zero attached hydrogens (tertiary/aromatic N) is 1. The van der Waals surface area contributed by atoms with Crippen molar-refractivity contribution in [2.45, 2.75) is 39.0 Å². The minimum Gasteiger partial charge on any atom is -0.315 e. The number of nitriles is 1. The molecule has 19 heavy (non-hydrogen) atoms. The number of nitrogens with one attached hydrogen (secondary N) is 2. The molecule has 102 valence electrons. The Bertz CT molecular complexity index is 502. The van der Waals surface area contributed by atoms with Crippen LogP contribution in [0.5, 0.6) is 0 Å². The first-order chi connectivity index (χ1) is 9.26. The Morgan fingerprint density at radius 2 is 2.16 bits per heavy atom. The fraction of sp³-hybridized carbons (Fsp3) is 0.571. The fourth-order valence-electron chi connectivity index (χ4n) is 2.36. The van der Waals surface area contributed by atoms with Crippen molar-refractivity contribution in [3.05, 3.63) is 16.0 Å². The standard InChI is InChI=1S/C14H19N3OS/c1-2-16-9-13(18)17-14-11(8-15)10-6-4-3-5-7-12(10)19-14/h16H,2-7,9H2,1H3,(H,17,18). The Hall–Kier alpha value is -1.38. The van der Waals surface area contributed by atoms with Gasteiger partial charge in [0.05, 0.1) is 12.1 Å². The average molecular weight is 277 g/mol. The molecule has 0 aromatic carbocycles. The Morgan fingerprint density at radius 3 is 2.89 bits per heavy atom. The quantitative estimate of drug-likeness (QED) is 0.831. The van der Waals surface area contributed by atoms with Crippen LogP contribution in [0, 0.1) is 11.3 Å². The van der Waals surface area contributed by atoms with E-state index in [-0.39, 0.29) is 5.91 Å². The smallest absolute Gasteiger partial charge is 0.238 e. The molecule has 2 N–H and O–H groups in total. The minimum atomic E-state index is -0.0743. The lowest BCUT2D eigenvalue weighted by atomic mass is 10.1. The maximum absolute atomic E-state index is 11.7. The molecule has 0 saturated carbocycles. The van der Waals surface area contributed by atoms with Gasteiger partial charge in [0.2, 0.25) is 5.91 Å². The zero-order valence-electron chi connectivity index (χ0n) is 11.2. The molecule has 0 spiro atoms. The monoisotopic (exact) mass is 277 g/mol. The summed E-state index contributed by atoms with van der Waals surface area (Å²) in [5.74, 6) is -0.0743. The highest BCUT2D eigenvalue weighted by molar-refractivity contribution is 7.16. The molecule has 0 saturated heterocycles. The first-order valence-corrected chi connectivity index (χ1v) is 7.63. The van der Waals surface area contributed by atoms with Crippen LogP contribution >= 0.6 is 11.3 Å². The number of anilines is 1. The predicted octanol–water partition coefficient (Wildman–Crippen LogP) is 2.44. The molecule has 0 bridgehead atoms. The molecule has 0 unspecified atom stereocenters. The topological polar surface area (TPSA) is 64.9 Å². The van der Waals surface area contributed by atoms with Crippen LogP contribution in [0.15, 0.2) is 0 Å². The third-order valence-corrected chi connectivity index (χ3v) is 4.53. The number of likely N-dealkylation sites (N-methyl/N-ethyl adjacent to an activating group) is 1. The lowest BCUT2D eigenvalue weighted by Crippen LogP contribution is -2.27. The molecule has 5 heteroatoms. The van der Waals surface area contributed by atoms with E-state index >= 15 is 0 Å². The van der Waals surface area contributed by atoms with E-state index < -0.39 is 0 Å². The molecule has 0 atom stereocenters. The van der Waals surface area contributed by atoms with Crippen LogP contribution in [-0.2, 0) is 17.6 Å². The highest BCUT2D eigenvalue weighted by atomic mass is 32.1. The van der Waals surface area contributed by atoms with Crippen molar-refractivity contribution in [3.63, 3.8) is 0 Å². The van der Waals surface area contributed by atoms with E-state index in [1.54, 1.807) is 11.3 Å². The molecule has 1 aliphatic rings. The van der Waals surface area contributed by atoms with Crippen LogP contribution in [-0.4, -0.2) is 19.0 Å². The zero-order valence-corrected chi connectivity index (χ0v) is 12.0. The zero-order chi connectivity index (χ0) is 13.7. The van der Waals surface area contributed by atoms with Gasteiger partial charge in [-0.25, -0.2) is 0 Å². The summed E-state index contributed by atoms with van der Waals surface area (Å²) in [6, 6.07) is 2.27. The maximum Gasteiger partial charge on any atom is 0.238 e. The highest BCUT2D eigenvalue weighted by Crippen LogP contribution is 2.36. The van der Waals surface area contributed by atoms with Crippen LogP contribution in [0.4, 0.5) is 5.00 Å². The third kappa shape index (κ3) is 3.34. The summed E-state index contributed by atoms with van der Waals surface area (Å²) in [7, 11) is 0. The number of hydrogen-bond donors (Lipinski definition) is 2. The fourth-order valence-corrected chi connectivity index (χ4v) is 3.61. The molecule has 1 heterocycles. The van der Waals surface area contributed by atoms with Gasteiger partial charge in [-0.05, 0) is 37.8 Å². The van der Waals surface area contributed by atoms with E-state index in [2.05, 4.69) is 16.7 Å². The highest BCUT2D eigenvalue weighted by Gasteiger charge is 2.20. The van der Waals surface area contributed by atoms with E-state index in [1.165, 1.54) is 23.3 Å². The van der Waals surface area contributed by atoms with Crippen molar-refractivity contribution in [2.24, 2.45) is 0 Å². The third-order valence-electron chi connectivity index (χ3n) is 3.32. The largest absolute Gasteiger partial charge is 0.315 e. The molecule has 0 fully saturated rings. The van der Waals surface area contributed by atoms with Gasteiger partial charge in [0, 0.05) is 4.88 Å². The van der Waals surface area contributed by atoms with Gasteiger partial charge in [-0.3, -0.25) is 4.79 Å². The van der Waals surface area contributed by atoms with Gasteiger partial charge in [-0.2, -0.15) is 5.26 Å². The normalized spacial score (nSPS) is 14.3. The van der Waals surface area contributed by atoms with Crippen LogP contribution in [0.25, 0.3) is 0 Å². The molecule has 1 aromatic heterocycles. The van der Waals surface area contributed by atoms with Crippen LogP contribution in [0.1, 0.15) is 42.2 Å². The summed E-state index contributed by atoms with van der Waals surface area (Å²) in [6.07, 6.45) is 5.57. The van der Waals surface area contributed by atoms with Crippen molar-refractivity contribution in [1.82, 2.24) is 5.32 Å². The van der Waals surface area contributed by atoms with Crippen LogP contribution < -0.4 is 10.6 Å². The van der Waals surface area contributed by atoms with Gasteiger partial charge in [0.1, 0.15) is 11.1 Å². The number of amides is 1. The average Bonchev–Trinajstić information content (AvgIpc) is 2.58. The molecule has 0 radical (unpaired) electrons. The molecule has 2 rings (SSSR count). The first-order valence-electron chi connectivity index (χ1n) is 6.81. The van der Waals surface area contributed by atoms with Crippen molar-refractivity contribution in [2.75, 3.05) is 18.4 Å². The van der Waals surface area contributed by atoms with Gasteiger partial charge >= 0.3 is 0 Å². The van der Waals surface area contributed by atoms with E-state index in [0.29, 0.717) is 12.1 Å². The molecule has 1 amide bonds. The summed E-state index contributed by atoms with van der Waals surface area (Å²) in [6.45, 7) is 3.02. The van der Waals surface area contributed by atoms with Crippen molar-refractivity contribution in [3.8, 4) is 6.07 Å². The Kier molecular flexibility index (Phi) is 4.94. The minimum absolute atomic E-state index is 0.0743. The maximum atomic E-state index is 11.7. The number of carbonyl (C=O) groups excluding carboxylic acids is 1. The summed E-state index contributed by atoms with van der Waals surface area (Å²) in [5.41, 5.74) is 1.86. The molecular weight excluding hydrogens is 258 g/mol. The van der Waals surface area contributed by atoms with Gasteiger partial charge in [0.25, 0.3) is 0 Å². The van der Waals surface area contributed by atoms with Crippen LogP contribution in [0.3, 0.4) is 0 Å². The number of carbonyl (C=O) groups is 1. The Labute approximate surface area is 117 Å². The summed E-state index contributed by atoms with van der Waals surface area (Å²) >= 11 is 1.58. The molecular formula is C14H19N3OS. The van der Waals surface area contributed by atoms with Gasteiger partial charge < -0.3 is 10.6 Å². The van der Waals surface area contributed by atoms with E-state index in [1.807, 2.05) is 6.92 Å². The summed E-state index contributed by atoms with van der Waals surface area (Å²) in [4.78, 5) is 13.0. The number of aryl methyl sites for hydroxylation is 1. The second kappa shape index (κ2) is 6.69. The Balaban J connectivity index is 2.17. The summed E-state index contributed by atoms with van der Waals surface area (Å²) < 4.78 is 0. The second-order valence-corrected chi connectivity index (χ2v) is 5.81. The number of rotatable bonds is 4. The van der Waals surface area contributed by atoms with Gasteiger partial charge in [-0.1, -0.05) is 13.3 Å². The summed E-state index contributed by atoms with van der Waals surface area (Å²) in [5, 5.41) is 15.9. The SMILES string of the molecule is CCNCC(=O)Nc1sc2c(c1C#N)CCCCC2. The van der Waals surface area contributed by atoms with Gasteiger partial charge in [0.15, 0.2) is 0 Å². The number of hydrogen-bond acceptors (Lipinski definition) is 4. The van der Waals surface area contributed by atoms with E-state index in [9.17, 15) is 10.1 Å². The predicted molar refractivity (Wildman–Crippen MR) is 77.5 cm³/mol. The van der Waals surface area contributed by atoms with Crippen molar-refractivity contribution < 1.29 is 4.79 Å². The van der Waals surface area contributed by atoms with Crippen molar-refractivity contribution in [1.29, 1.82) is 5.26 Å². The molecule has 1 aromatic rings. The number of thiophene rings is 1. The Morgan fingerprint density at radius 1 is 1.37 bits per heavy atom. The lowest BCUT2D eigenvalue weighted by Gasteiger charge is -2.04. The first kappa shape index (κ1) is 14.0. The molecule has 4 nitrogen and oxygen atoms in total. The van der Waals surface area contributed by atoms with Gasteiger partial charge in [-0.15, -0.1) is 11.3 Å². The van der Waals surface area contributed by atoms with E-state index in [0.717, 1.165) is 30.8 Å². The van der Waals surface area contributed by atoms with Crippen LogP contribution in [0.2, 0.25) is 0 Å². The van der Waals surface area contributed by atoms with Crippen molar-refractivity contribution >= 4 is 22.2 Å².